The second-order valence-electron chi connectivity index (χ2n) is 7.64. The summed E-state index contributed by atoms with van der Waals surface area (Å²) >= 11 is 0. The van der Waals surface area contributed by atoms with E-state index in [1.165, 1.54) is 16.7 Å². The zero-order chi connectivity index (χ0) is 18.5. The van der Waals surface area contributed by atoms with Crippen molar-refractivity contribution in [2.24, 2.45) is 4.99 Å². The first-order chi connectivity index (χ1) is 13.1. The van der Waals surface area contributed by atoms with E-state index in [2.05, 4.69) is 65.0 Å². The smallest absolute Gasteiger partial charge is 0.182 e. The summed E-state index contributed by atoms with van der Waals surface area (Å²) in [6.07, 6.45) is 6.60. The Labute approximate surface area is 159 Å². The van der Waals surface area contributed by atoms with Crippen LogP contribution in [0.2, 0.25) is 0 Å². The van der Waals surface area contributed by atoms with Gasteiger partial charge in [-0.25, -0.2) is 14.6 Å². The minimum absolute atomic E-state index is 0.216. The topological polar surface area (TPSA) is 40.7 Å². The monoisotopic (exact) mass is 359 g/mol. The molecule has 1 saturated heterocycles. The van der Waals surface area contributed by atoms with Gasteiger partial charge in [0.25, 0.3) is 0 Å². The molecule has 136 valence electrons. The van der Waals surface area contributed by atoms with Gasteiger partial charge in [-0.15, -0.1) is 0 Å². The fraction of sp³-hybridized carbons (Fsp3) is 0.318. The van der Waals surface area contributed by atoms with Crippen LogP contribution < -0.4 is 4.90 Å². The number of morpholine rings is 1. The molecule has 0 aliphatic carbocycles. The molecule has 3 aliphatic rings. The Morgan fingerprint density at radius 2 is 1.85 bits per heavy atom. The second kappa shape index (κ2) is 6.13. The molecule has 5 nitrogen and oxygen atoms in total. The maximum atomic E-state index is 5.85. The SMILES string of the molecule is CC1CN(c2cc(C3=Nc4ccc(C5=C[N+](C)=C5)cc43)ccn2)CC(C)O1. The summed E-state index contributed by atoms with van der Waals surface area (Å²) in [6, 6.07) is 10.7. The molecule has 2 aromatic rings. The van der Waals surface area contributed by atoms with Crippen LogP contribution in [0.3, 0.4) is 0 Å². The van der Waals surface area contributed by atoms with Gasteiger partial charge >= 0.3 is 0 Å². The van der Waals surface area contributed by atoms with Gasteiger partial charge in [0.05, 0.1) is 23.6 Å². The minimum atomic E-state index is 0.216. The van der Waals surface area contributed by atoms with E-state index < -0.39 is 0 Å². The maximum Gasteiger partial charge on any atom is 0.182 e. The van der Waals surface area contributed by atoms with E-state index in [1.807, 2.05) is 19.3 Å². The highest BCUT2D eigenvalue weighted by molar-refractivity contribution is 6.23. The summed E-state index contributed by atoms with van der Waals surface area (Å²) in [5, 5.41) is 0. The molecule has 1 aromatic carbocycles. The van der Waals surface area contributed by atoms with Gasteiger partial charge in [-0.1, -0.05) is 6.07 Å². The van der Waals surface area contributed by atoms with Crippen molar-refractivity contribution in [3.63, 3.8) is 0 Å². The number of aliphatic imine (C=N–C) groups is 1. The molecule has 1 aromatic heterocycles. The van der Waals surface area contributed by atoms with Crippen molar-refractivity contribution in [2.45, 2.75) is 26.1 Å². The molecule has 2 unspecified atom stereocenters. The van der Waals surface area contributed by atoms with Crippen LogP contribution in [0.5, 0.6) is 0 Å². The Morgan fingerprint density at radius 3 is 2.59 bits per heavy atom. The van der Waals surface area contributed by atoms with E-state index >= 15 is 0 Å². The molecule has 27 heavy (non-hydrogen) atoms. The van der Waals surface area contributed by atoms with Gasteiger partial charge in [0, 0.05) is 30.4 Å². The first kappa shape index (κ1) is 16.4. The van der Waals surface area contributed by atoms with Crippen LogP contribution >= 0.6 is 0 Å². The van der Waals surface area contributed by atoms with Crippen LogP contribution in [0.15, 0.2) is 47.7 Å². The molecule has 4 heterocycles. The van der Waals surface area contributed by atoms with E-state index in [-0.39, 0.29) is 12.2 Å². The van der Waals surface area contributed by atoms with Gasteiger partial charge in [-0.05, 0) is 43.7 Å². The largest absolute Gasteiger partial charge is 0.372 e. The lowest BCUT2D eigenvalue weighted by atomic mass is 9.92. The van der Waals surface area contributed by atoms with E-state index in [4.69, 9.17) is 9.73 Å². The highest BCUT2D eigenvalue weighted by Gasteiger charge is 2.26. The predicted molar refractivity (Wildman–Crippen MR) is 108 cm³/mol. The summed E-state index contributed by atoms with van der Waals surface area (Å²) in [5.41, 5.74) is 6.96. The third kappa shape index (κ3) is 2.88. The number of hydrogen-bond acceptors (Lipinski definition) is 4. The molecule has 0 spiro atoms. The molecule has 1 fully saturated rings. The van der Waals surface area contributed by atoms with Crippen molar-refractivity contribution >= 4 is 29.0 Å². The quantitative estimate of drug-likeness (QED) is 0.674. The van der Waals surface area contributed by atoms with Crippen LogP contribution in [-0.2, 0) is 4.74 Å². The third-order valence-electron chi connectivity index (χ3n) is 5.27. The van der Waals surface area contributed by atoms with Crippen LogP contribution in [0.1, 0.15) is 30.5 Å². The van der Waals surface area contributed by atoms with E-state index in [0.29, 0.717) is 0 Å². The number of aromatic nitrogens is 1. The Bertz CT molecular complexity index is 1010. The number of fused-ring (bicyclic) bond motifs is 1. The number of anilines is 1. The molecular formula is C22H23N4O+. The Hall–Kier alpha value is -2.79. The lowest BCUT2D eigenvalue weighted by Crippen LogP contribution is -2.45. The summed E-state index contributed by atoms with van der Waals surface area (Å²) in [5.74, 6) is 0.999. The first-order valence-corrected chi connectivity index (χ1v) is 9.46. The highest BCUT2D eigenvalue weighted by Crippen LogP contribution is 2.36. The summed E-state index contributed by atoms with van der Waals surface area (Å²) < 4.78 is 7.92. The van der Waals surface area contributed by atoms with E-state index in [1.54, 1.807) is 0 Å². The van der Waals surface area contributed by atoms with Gasteiger partial charge in [0.1, 0.15) is 18.4 Å². The van der Waals surface area contributed by atoms with Crippen LogP contribution in [-0.4, -0.2) is 53.8 Å². The molecule has 0 amide bonds. The van der Waals surface area contributed by atoms with Crippen molar-refractivity contribution in [3.8, 4) is 0 Å². The number of rotatable bonds is 3. The average Bonchev–Trinajstić information content (AvgIpc) is 2.60. The number of benzene rings is 1. The lowest BCUT2D eigenvalue weighted by Gasteiger charge is -2.36. The lowest BCUT2D eigenvalue weighted by molar-refractivity contribution is -0.423. The summed E-state index contributed by atoms with van der Waals surface area (Å²) in [7, 11) is 2.05. The number of hydrogen-bond donors (Lipinski definition) is 0. The third-order valence-corrected chi connectivity index (χ3v) is 5.27. The maximum absolute atomic E-state index is 5.85. The molecular weight excluding hydrogens is 336 g/mol. The minimum Gasteiger partial charge on any atom is -0.372 e. The van der Waals surface area contributed by atoms with Crippen molar-refractivity contribution in [1.82, 2.24) is 4.98 Å². The fourth-order valence-electron chi connectivity index (χ4n) is 4.03. The van der Waals surface area contributed by atoms with Crippen molar-refractivity contribution < 1.29 is 9.31 Å². The number of ether oxygens (including phenoxy) is 1. The molecule has 2 atom stereocenters. The molecule has 0 radical (unpaired) electrons. The normalized spacial score (nSPS) is 23.5. The van der Waals surface area contributed by atoms with Gasteiger partial charge in [-0.3, -0.25) is 0 Å². The Kier molecular flexibility index (Phi) is 3.72. The summed E-state index contributed by atoms with van der Waals surface area (Å²) in [6.45, 7) is 5.96. The second-order valence-corrected chi connectivity index (χ2v) is 7.64. The average molecular weight is 359 g/mol. The number of allylic oxidation sites excluding steroid dienone is 1. The highest BCUT2D eigenvalue weighted by atomic mass is 16.5. The van der Waals surface area contributed by atoms with Crippen LogP contribution in [0, 0.1) is 0 Å². The zero-order valence-electron chi connectivity index (χ0n) is 15.9. The first-order valence-electron chi connectivity index (χ1n) is 9.46. The standard InChI is InChI=1S/C22H23N4O/c1-14-10-26(11-15(2)27-14)21-9-17(6-7-23-21)22-19-8-16(4-5-20(19)24-22)18-12-25(3)13-18/h4-9,12-15H,10-11H2,1-3H3/q+1. The van der Waals surface area contributed by atoms with E-state index in [0.717, 1.165) is 35.9 Å². The Morgan fingerprint density at radius 1 is 1.07 bits per heavy atom. The molecule has 0 N–H and O–H groups in total. The number of pyridine rings is 1. The summed E-state index contributed by atoms with van der Waals surface area (Å²) in [4.78, 5) is 11.6. The van der Waals surface area contributed by atoms with Crippen LogP contribution in [0.25, 0.3) is 5.57 Å². The molecule has 3 aliphatic heterocycles. The van der Waals surface area contributed by atoms with Gasteiger partial charge in [0.15, 0.2) is 12.4 Å². The molecule has 0 bridgehead atoms. The number of nitrogens with zero attached hydrogens (tertiary/aromatic N) is 4. The fourth-order valence-corrected chi connectivity index (χ4v) is 4.03. The van der Waals surface area contributed by atoms with Gasteiger partial charge in [-0.2, -0.15) is 0 Å². The Balaban J connectivity index is 1.42. The van der Waals surface area contributed by atoms with E-state index in [9.17, 15) is 0 Å². The van der Waals surface area contributed by atoms with Crippen molar-refractivity contribution in [3.05, 3.63) is 59.4 Å². The molecule has 0 saturated carbocycles. The van der Waals surface area contributed by atoms with Crippen LogP contribution in [0.4, 0.5) is 11.5 Å². The van der Waals surface area contributed by atoms with Crippen molar-refractivity contribution in [1.29, 1.82) is 0 Å². The molecule has 5 heteroatoms. The van der Waals surface area contributed by atoms with Gasteiger partial charge < -0.3 is 9.64 Å². The zero-order valence-corrected chi connectivity index (χ0v) is 15.9. The predicted octanol–water partition coefficient (Wildman–Crippen LogP) is 3.25. The molecule has 5 rings (SSSR count). The van der Waals surface area contributed by atoms with Gasteiger partial charge in [0.2, 0.25) is 0 Å². The van der Waals surface area contributed by atoms with Crippen molar-refractivity contribution in [2.75, 3.05) is 25.0 Å².